The predicted octanol–water partition coefficient (Wildman–Crippen LogP) is 1.61. The summed E-state index contributed by atoms with van der Waals surface area (Å²) in [5, 5.41) is 13.1. The minimum Gasteiger partial charge on any atom is -0.507 e. The van der Waals surface area contributed by atoms with Crippen molar-refractivity contribution in [2.24, 2.45) is 0 Å². The number of amides is 1. The van der Waals surface area contributed by atoms with E-state index < -0.39 is 5.63 Å². The van der Waals surface area contributed by atoms with E-state index in [0.717, 1.165) is 0 Å². The van der Waals surface area contributed by atoms with Gasteiger partial charge in [-0.2, -0.15) is 0 Å². The summed E-state index contributed by atoms with van der Waals surface area (Å²) < 4.78 is 5.18. The van der Waals surface area contributed by atoms with Gasteiger partial charge < -0.3 is 14.8 Å². The topological polar surface area (TPSA) is 96.6 Å². The molecule has 0 fully saturated rings. The molecule has 2 aromatic rings. The molecule has 1 heterocycles. The van der Waals surface area contributed by atoms with Crippen molar-refractivity contribution in [2.45, 2.75) is 27.2 Å². The van der Waals surface area contributed by atoms with E-state index in [1.165, 1.54) is 0 Å². The summed E-state index contributed by atoms with van der Waals surface area (Å²) >= 11 is 0. The van der Waals surface area contributed by atoms with Gasteiger partial charge in [-0.05, 0) is 38.0 Å². The van der Waals surface area contributed by atoms with Gasteiger partial charge in [0.05, 0.1) is 17.5 Å². The third kappa shape index (κ3) is 2.59. The van der Waals surface area contributed by atoms with E-state index in [2.05, 4.69) is 5.32 Å². The van der Waals surface area contributed by atoms with Gasteiger partial charge >= 0.3 is 5.63 Å². The molecule has 0 aliphatic rings. The van der Waals surface area contributed by atoms with Crippen LogP contribution in [0.3, 0.4) is 0 Å². The summed E-state index contributed by atoms with van der Waals surface area (Å²) in [6.45, 7) is 5.60. The molecule has 0 saturated carbocycles. The summed E-state index contributed by atoms with van der Waals surface area (Å²) in [5.74, 6) is -0.482. The molecule has 2 N–H and O–H groups in total. The fraction of sp³-hybridized carbons (Fsp3) is 0.312. The van der Waals surface area contributed by atoms with Crippen LogP contribution in [0, 0.1) is 13.8 Å². The Kier molecular flexibility index (Phi) is 4.30. The van der Waals surface area contributed by atoms with Crippen LogP contribution in [0.5, 0.6) is 5.75 Å². The predicted molar refractivity (Wildman–Crippen MR) is 81.4 cm³/mol. The van der Waals surface area contributed by atoms with Crippen LogP contribution < -0.4 is 10.9 Å². The highest BCUT2D eigenvalue weighted by atomic mass is 16.4. The van der Waals surface area contributed by atoms with Gasteiger partial charge in [0.25, 0.3) is 0 Å². The van der Waals surface area contributed by atoms with Crippen molar-refractivity contribution in [1.29, 1.82) is 0 Å². The van der Waals surface area contributed by atoms with Gasteiger partial charge in [-0.25, -0.2) is 4.79 Å². The molecule has 6 nitrogen and oxygen atoms in total. The number of fused-ring (bicyclic) bond motifs is 1. The van der Waals surface area contributed by atoms with Crippen molar-refractivity contribution in [3.63, 3.8) is 0 Å². The Morgan fingerprint density at radius 2 is 2.09 bits per heavy atom. The van der Waals surface area contributed by atoms with Crippen molar-refractivity contribution >= 4 is 23.2 Å². The molecule has 2 rings (SSSR count). The molecule has 116 valence electrons. The number of hydrogen-bond donors (Lipinski definition) is 2. The van der Waals surface area contributed by atoms with Crippen LogP contribution in [-0.2, 0) is 11.2 Å². The van der Waals surface area contributed by atoms with Crippen molar-refractivity contribution in [1.82, 2.24) is 5.32 Å². The third-order valence-electron chi connectivity index (χ3n) is 3.61. The maximum atomic E-state index is 12.1. The summed E-state index contributed by atoms with van der Waals surface area (Å²) in [7, 11) is 0. The number of benzene rings is 1. The molecule has 0 spiro atoms. The molecule has 0 unspecified atom stereocenters. The number of aryl methyl sites for hydroxylation is 2. The molecule has 0 radical (unpaired) electrons. The van der Waals surface area contributed by atoms with Crippen LogP contribution in [0.4, 0.5) is 0 Å². The molecule has 0 atom stereocenters. The average Bonchev–Trinajstić information content (AvgIpc) is 2.47. The molecule has 22 heavy (non-hydrogen) atoms. The number of aldehydes is 1. The smallest absolute Gasteiger partial charge is 0.340 e. The number of carbonyl (C=O) groups excluding carboxylic acids is 2. The number of phenols is 1. The van der Waals surface area contributed by atoms with Gasteiger partial charge in [0.15, 0.2) is 11.9 Å². The first-order valence-electron chi connectivity index (χ1n) is 6.91. The number of nitrogens with one attached hydrogen (secondary N) is 1. The molecule has 0 bridgehead atoms. The SMILES string of the molecule is CCNC(=O)Cc1c(C)c2cc(C)c(O)c(C=O)c2oc1=O. The number of carbonyl (C=O) groups is 2. The zero-order chi connectivity index (χ0) is 16.4. The van der Waals surface area contributed by atoms with E-state index in [1.54, 1.807) is 26.8 Å². The normalized spacial score (nSPS) is 10.7. The van der Waals surface area contributed by atoms with Gasteiger partial charge in [0.1, 0.15) is 5.75 Å². The van der Waals surface area contributed by atoms with Gasteiger partial charge in [-0.3, -0.25) is 9.59 Å². The minimum absolute atomic E-state index is 0.0419. The lowest BCUT2D eigenvalue weighted by molar-refractivity contribution is -0.120. The zero-order valence-corrected chi connectivity index (χ0v) is 12.6. The zero-order valence-electron chi connectivity index (χ0n) is 12.6. The van der Waals surface area contributed by atoms with Crippen molar-refractivity contribution in [3.8, 4) is 5.75 Å². The Balaban J connectivity index is 2.73. The van der Waals surface area contributed by atoms with E-state index in [4.69, 9.17) is 4.42 Å². The molecule has 0 saturated heterocycles. The van der Waals surface area contributed by atoms with Crippen molar-refractivity contribution in [2.75, 3.05) is 6.54 Å². The van der Waals surface area contributed by atoms with Crippen molar-refractivity contribution in [3.05, 3.63) is 38.7 Å². The molecule has 6 heteroatoms. The van der Waals surface area contributed by atoms with Crippen molar-refractivity contribution < 1.29 is 19.1 Å². The largest absolute Gasteiger partial charge is 0.507 e. The quantitative estimate of drug-likeness (QED) is 0.660. The standard InChI is InChI=1S/C16H17NO5/c1-4-17-13(19)6-11-9(3)10-5-8(2)14(20)12(7-18)15(10)22-16(11)21/h5,7,20H,4,6H2,1-3H3,(H,17,19). The van der Waals surface area contributed by atoms with Crippen LogP contribution in [-0.4, -0.2) is 23.8 Å². The minimum atomic E-state index is -0.678. The van der Waals surface area contributed by atoms with E-state index in [-0.39, 0.29) is 34.8 Å². The molecular weight excluding hydrogens is 286 g/mol. The molecule has 1 amide bonds. The summed E-state index contributed by atoms with van der Waals surface area (Å²) in [4.78, 5) is 35.0. The molecular formula is C16H17NO5. The Morgan fingerprint density at radius 3 is 2.68 bits per heavy atom. The summed E-state index contributed by atoms with van der Waals surface area (Å²) in [6, 6.07) is 1.64. The monoisotopic (exact) mass is 303 g/mol. The lowest BCUT2D eigenvalue weighted by Gasteiger charge is -2.11. The van der Waals surface area contributed by atoms with Crippen LogP contribution >= 0.6 is 0 Å². The first-order chi connectivity index (χ1) is 10.4. The first-order valence-corrected chi connectivity index (χ1v) is 6.91. The van der Waals surface area contributed by atoms with Gasteiger partial charge in [0.2, 0.25) is 5.91 Å². The summed E-state index contributed by atoms with van der Waals surface area (Å²) in [5.41, 5.74) is 0.627. The fourth-order valence-corrected chi connectivity index (χ4v) is 2.41. The number of phenolic OH excluding ortho intramolecular Hbond substituents is 1. The van der Waals surface area contributed by atoms with Crippen LogP contribution in [0.15, 0.2) is 15.3 Å². The number of hydrogen-bond acceptors (Lipinski definition) is 5. The average molecular weight is 303 g/mol. The number of rotatable bonds is 4. The van der Waals surface area contributed by atoms with E-state index in [1.807, 2.05) is 0 Å². The van der Waals surface area contributed by atoms with Gasteiger partial charge in [-0.1, -0.05) is 0 Å². The Bertz CT molecular complexity index is 820. The van der Waals surface area contributed by atoms with E-state index >= 15 is 0 Å². The second-order valence-corrected chi connectivity index (χ2v) is 5.07. The Morgan fingerprint density at radius 1 is 1.41 bits per heavy atom. The number of likely N-dealkylation sites (N-methyl/N-ethyl adjacent to an activating group) is 1. The fourth-order valence-electron chi connectivity index (χ4n) is 2.41. The third-order valence-corrected chi connectivity index (χ3v) is 3.61. The summed E-state index contributed by atoms with van der Waals surface area (Å²) in [6.07, 6.45) is 0.366. The molecule has 0 aliphatic carbocycles. The second-order valence-electron chi connectivity index (χ2n) is 5.07. The van der Waals surface area contributed by atoms with E-state index in [9.17, 15) is 19.5 Å². The highest BCUT2D eigenvalue weighted by Gasteiger charge is 2.19. The Hall–Kier alpha value is -2.63. The highest BCUT2D eigenvalue weighted by Crippen LogP contribution is 2.31. The Labute approximate surface area is 126 Å². The molecule has 1 aromatic heterocycles. The van der Waals surface area contributed by atoms with Crippen LogP contribution in [0.25, 0.3) is 11.0 Å². The lowest BCUT2D eigenvalue weighted by atomic mass is 9.98. The van der Waals surface area contributed by atoms with Gasteiger partial charge in [0, 0.05) is 11.9 Å². The van der Waals surface area contributed by atoms with Crippen LogP contribution in [0.2, 0.25) is 0 Å². The maximum absolute atomic E-state index is 12.1. The second kappa shape index (κ2) is 6.01. The lowest BCUT2D eigenvalue weighted by Crippen LogP contribution is -2.27. The molecule has 1 aromatic carbocycles. The maximum Gasteiger partial charge on any atom is 0.340 e. The van der Waals surface area contributed by atoms with Gasteiger partial charge in [-0.15, -0.1) is 0 Å². The van der Waals surface area contributed by atoms with E-state index in [0.29, 0.717) is 29.3 Å². The first kappa shape index (κ1) is 15.8. The van der Waals surface area contributed by atoms with Crippen LogP contribution in [0.1, 0.15) is 34.0 Å². The molecule has 0 aliphatic heterocycles. The number of aromatic hydroxyl groups is 1. The highest BCUT2D eigenvalue weighted by molar-refractivity contribution is 5.99.